The Morgan fingerprint density at radius 2 is 1.95 bits per heavy atom. The fourth-order valence-corrected chi connectivity index (χ4v) is 1.60. The van der Waals surface area contributed by atoms with E-state index in [1.165, 1.54) is 0 Å². The lowest BCUT2D eigenvalue weighted by molar-refractivity contribution is 0.0832. The predicted molar refractivity (Wildman–Crippen MR) is 68.4 cm³/mol. The molecule has 0 atom stereocenters. The van der Waals surface area contributed by atoms with Crippen molar-refractivity contribution in [3.05, 3.63) is 18.6 Å². The molecule has 19 heavy (non-hydrogen) atoms. The van der Waals surface area contributed by atoms with E-state index in [-0.39, 0.29) is 5.82 Å². The number of imidazole rings is 1. The fourth-order valence-electron chi connectivity index (χ4n) is 1.60. The van der Waals surface area contributed by atoms with Gasteiger partial charge in [0.2, 0.25) is 0 Å². The fraction of sp³-hybridized carbons (Fsp3) is 0.400. The maximum Gasteiger partial charge on any atom is 0.180 e. The van der Waals surface area contributed by atoms with Gasteiger partial charge >= 0.3 is 0 Å². The number of aromatic nitrogens is 3. The number of fused-ring (bicyclic) bond motifs is 1. The number of nitrogens with two attached hydrogens (primary N) is 1. The molecule has 7 N–H and O–H groups in total. The van der Waals surface area contributed by atoms with Crippen molar-refractivity contribution in [2.45, 2.75) is 5.54 Å². The van der Waals surface area contributed by atoms with Crippen LogP contribution in [0.3, 0.4) is 0 Å². The molecule has 0 aliphatic heterocycles. The van der Waals surface area contributed by atoms with Crippen LogP contribution in [0.5, 0.6) is 0 Å². The lowest BCUT2D eigenvalue weighted by atomic mass is 10.0. The molecule has 0 aromatic carbocycles. The second kappa shape index (κ2) is 5.36. The summed E-state index contributed by atoms with van der Waals surface area (Å²) in [6.07, 6.45) is 4.90. The molecule has 2 rings (SSSR count). The average molecular weight is 268 g/mol. The van der Waals surface area contributed by atoms with Crippen molar-refractivity contribution >= 4 is 17.3 Å². The molecule has 0 fully saturated rings. The number of nitrogens with zero attached hydrogens (tertiary/aromatic N) is 3. The van der Waals surface area contributed by atoms with E-state index in [9.17, 15) is 15.3 Å². The van der Waals surface area contributed by atoms with E-state index in [2.05, 4.69) is 20.7 Å². The molecule has 2 aromatic rings. The highest BCUT2D eigenvalue weighted by Crippen LogP contribution is 2.20. The van der Waals surface area contributed by atoms with Crippen molar-refractivity contribution in [3.63, 3.8) is 0 Å². The van der Waals surface area contributed by atoms with Crippen molar-refractivity contribution in [1.29, 1.82) is 0 Å². The lowest BCUT2D eigenvalue weighted by Crippen LogP contribution is -2.49. The minimum Gasteiger partial charge on any atom is -0.394 e. The predicted octanol–water partition coefficient (Wildman–Crippen LogP) is -1.86. The molecule has 0 amide bonds. The van der Waals surface area contributed by atoms with Crippen molar-refractivity contribution in [2.75, 3.05) is 30.6 Å². The monoisotopic (exact) mass is 268 g/mol. The van der Waals surface area contributed by atoms with Crippen LogP contribution in [0.1, 0.15) is 0 Å². The van der Waals surface area contributed by atoms with Gasteiger partial charge in [0.05, 0.1) is 26.0 Å². The zero-order valence-corrected chi connectivity index (χ0v) is 10.1. The van der Waals surface area contributed by atoms with Crippen molar-refractivity contribution in [2.24, 2.45) is 5.84 Å². The van der Waals surface area contributed by atoms with Crippen LogP contribution in [0.15, 0.2) is 18.6 Å². The van der Waals surface area contributed by atoms with E-state index in [0.29, 0.717) is 11.5 Å². The molecule has 0 aliphatic carbocycles. The summed E-state index contributed by atoms with van der Waals surface area (Å²) in [6, 6.07) is 0. The molecular weight excluding hydrogens is 252 g/mol. The van der Waals surface area contributed by atoms with Gasteiger partial charge in [0.1, 0.15) is 5.54 Å². The Hall–Kier alpha value is -1.94. The van der Waals surface area contributed by atoms with Crippen LogP contribution >= 0.6 is 0 Å². The zero-order chi connectivity index (χ0) is 13.9. The average Bonchev–Trinajstić information content (AvgIpc) is 2.93. The van der Waals surface area contributed by atoms with Gasteiger partial charge in [-0.05, 0) is 0 Å². The maximum atomic E-state index is 9.31. The number of aliphatic hydroxyl groups is 3. The van der Waals surface area contributed by atoms with Crippen LogP contribution in [0.25, 0.3) is 5.65 Å². The molecule has 0 saturated carbocycles. The van der Waals surface area contributed by atoms with E-state index in [0.717, 1.165) is 0 Å². The molecule has 0 unspecified atom stereocenters. The number of rotatable bonds is 6. The Morgan fingerprint density at radius 1 is 1.26 bits per heavy atom. The molecule has 9 heteroatoms. The third-order valence-electron chi connectivity index (χ3n) is 2.81. The summed E-state index contributed by atoms with van der Waals surface area (Å²) in [5.41, 5.74) is 1.60. The zero-order valence-electron chi connectivity index (χ0n) is 10.1. The number of nitrogens with one attached hydrogen (secondary N) is 2. The first kappa shape index (κ1) is 13.5. The first-order valence-electron chi connectivity index (χ1n) is 5.59. The smallest absolute Gasteiger partial charge is 0.180 e. The second-order valence-corrected chi connectivity index (χ2v) is 4.16. The Kier molecular flexibility index (Phi) is 3.81. The molecule has 0 bridgehead atoms. The van der Waals surface area contributed by atoms with Crippen molar-refractivity contribution < 1.29 is 15.3 Å². The second-order valence-electron chi connectivity index (χ2n) is 4.16. The highest BCUT2D eigenvalue weighted by atomic mass is 16.3. The van der Waals surface area contributed by atoms with Crippen LogP contribution < -0.4 is 16.6 Å². The highest BCUT2D eigenvalue weighted by Gasteiger charge is 2.29. The Morgan fingerprint density at radius 3 is 2.53 bits per heavy atom. The molecule has 0 radical (unpaired) electrons. The molecular formula is C10H16N6O3. The maximum absolute atomic E-state index is 9.31. The quantitative estimate of drug-likeness (QED) is 0.265. The molecule has 2 heterocycles. The van der Waals surface area contributed by atoms with Crippen molar-refractivity contribution in [3.8, 4) is 0 Å². The van der Waals surface area contributed by atoms with Crippen LogP contribution in [-0.4, -0.2) is 55.0 Å². The number of aliphatic hydroxyl groups excluding tert-OH is 3. The number of anilines is 2. The van der Waals surface area contributed by atoms with E-state index < -0.39 is 25.4 Å². The Bertz CT molecular complexity index is 545. The number of hydrogen-bond donors (Lipinski definition) is 6. The summed E-state index contributed by atoms with van der Waals surface area (Å²) in [4.78, 5) is 8.26. The highest BCUT2D eigenvalue weighted by molar-refractivity contribution is 5.66. The first-order valence-corrected chi connectivity index (χ1v) is 5.59. The molecule has 2 aromatic heterocycles. The third-order valence-corrected chi connectivity index (χ3v) is 2.81. The largest absolute Gasteiger partial charge is 0.394 e. The van der Waals surface area contributed by atoms with E-state index in [4.69, 9.17) is 5.84 Å². The van der Waals surface area contributed by atoms with Gasteiger partial charge in [0, 0.05) is 12.4 Å². The van der Waals surface area contributed by atoms with E-state index >= 15 is 0 Å². The molecule has 0 aliphatic rings. The van der Waals surface area contributed by atoms with Gasteiger partial charge in [-0.15, -0.1) is 0 Å². The van der Waals surface area contributed by atoms with Gasteiger partial charge in [0.25, 0.3) is 0 Å². The standard InChI is InChI=1S/C10H16N6O3/c11-15-7-3-16-2-1-12-9(16)8(13-7)14-10(4-17,5-18)6-19/h1-3,15,17-19H,4-6,11H2,(H,13,14). The summed E-state index contributed by atoms with van der Waals surface area (Å²) in [6.45, 7) is -1.39. The summed E-state index contributed by atoms with van der Waals surface area (Å²) < 4.78 is 1.67. The minimum atomic E-state index is -1.29. The van der Waals surface area contributed by atoms with Crippen molar-refractivity contribution in [1.82, 2.24) is 14.4 Å². The van der Waals surface area contributed by atoms with Gasteiger partial charge in [-0.2, -0.15) is 0 Å². The van der Waals surface area contributed by atoms with E-state index in [1.807, 2.05) is 0 Å². The van der Waals surface area contributed by atoms with Gasteiger partial charge in [-0.1, -0.05) is 0 Å². The number of hydrogen-bond acceptors (Lipinski definition) is 8. The van der Waals surface area contributed by atoms with Crippen LogP contribution in [0.4, 0.5) is 11.6 Å². The van der Waals surface area contributed by atoms with Gasteiger partial charge < -0.3 is 30.5 Å². The van der Waals surface area contributed by atoms with E-state index in [1.54, 1.807) is 23.0 Å². The van der Waals surface area contributed by atoms with Crippen LogP contribution in [0, 0.1) is 0 Å². The first-order chi connectivity index (χ1) is 9.18. The minimum absolute atomic E-state index is 0.289. The molecule has 9 nitrogen and oxygen atoms in total. The lowest BCUT2D eigenvalue weighted by Gasteiger charge is -2.29. The van der Waals surface area contributed by atoms with Crippen LogP contribution in [0.2, 0.25) is 0 Å². The van der Waals surface area contributed by atoms with Gasteiger partial charge in [0.15, 0.2) is 17.3 Å². The molecule has 0 saturated heterocycles. The van der Waals surface area contributed by atoms with Crippen LogP contribution in [-0.2, 0) is 0 Å². The Labute approximate surface area is 108 Å². The topological polar surface area (TPSA) is 141 Å². The Balaban J connectivity index is 2.46. The molecule has 0 spiro atoms. The summed E-state index contributed by atoms with van der Waals surface area (Å²) in [5.74, 6) is 5.98. The number of hydrazine groups is 1. The summed E-state index contributed by atoms with van der Waals surface area (Å²) in [7, 11) is 0. The summed E-state index contributed by atoms with van der Waals surface area (Å²) >= 11 is 0. The van der Waals surface area contributed by atoms with Gasteiger partial charge in [-0.25, -0.2) is 15.8 Å². The SMILES string of the molecule is NNc1cn2ccnc2c(NC(CO)(CO)CO)n1. The van der Waals surface area contributed by atoms with Gasteiger partial charge in [-0.3, -0.25) is 0 Å². The molecule has 104 valence electrons. The normalized spacial score (nSPS) is 11.8. The third kappa shape index (κ3) is 2.44. The number of nitrogen functional groups attached to an aromatic ring is 1. The summed E-state index contributed by atoms with van der Waals surface area (Å²) in [5, 5.41) is 30.7.